The van der Waals surface area contributed by atoms with Crippen molar-refractivity contribution in [2.45, 2.75) is 40.2 Å². The number of hydrogen-bond acceptors (Lipinski definition) is 5. The molecule has 0 N–H and O–H groups in total. The number of benzene rings is 1. The van der Waals surface area contributed by atoms with Crippen molar-refractivity contribution in [3.63, 3.8) is 0 Å². The van der Waals surface area contributed by atoms with E-state index in [0.29, 0.717) is 18.0 Å². The molecule has 0 spiro atoms. The Morgan fingerprint density at radius 2 is 1.78 bits per heavy atom. The summed E-state index contributed by atoms with van der Waals surface area (Å²) in [5.41, 5.74) is 5.07. The van der Waals surface area contributed by atoms with Crippen LogP contribution in [0, 0.1) is 13.8 Å². The SMILES string of the molecule is Cc1noc(C)c1CN(C)C(=O)c1ccc(-c2ccc(C(C)C)nn2)cc1. The molecule has 140 valence electrons. The Balaban J connectivity index is 1.73. The fraction of sp³-hybridized carbons (Fsp3) is 0.333. The first-order valence-electron chi connectivity index (χ1n) is 8.98. The summed E-state index contributed by atoms with van der Waals surface area (Å²) in [6.45, 7) is 8.37. The average molecular weight is 364 g/mol. The van der Waals surface area contributed by atoms with E-state index in [9.17, 15) is 4.79 Å². The van der Waals surface area contributed by atoms with Crippen molar-refractivity contribution in [3.8, 4) is 11.3 Å². The first-order valence-corrected chi connectivity index (χ1v) is 8.98. The summed E-state index contributed by atoms with van der Waals surface area (Å²) in [4.78, 5) is 14.4. The predicted molar refractivity (Wildman–Crippen MR) is 103 cm³/mol. The Hall–Kier alpha value is -3.02. The summed E-state index contributed by atoms with van der Waals surface area (Å²) in [7, 11) is 1.78. The summed E-state index contributed by atoms with van der Waals surface area (Å²) >= 11 is 0. The highest BCUT2D eigenvalue weighted by atomic mass is 16.5. The molecule has 0 bridgehead atoms. The van der Waals surface area contributed by atoms with Crippen molar-refractivity contribution < 1.29 is 9.32 Å². The van der Waals surface area contributed by atoms with E-state index in [1.807, 2.05) is 50.2 Å². The van der Waals surface area contributed by atoms with Crippen LogP contribution in [0.3, 0.4) is 0 Å². The van der Waals surface area contributed by atoms with Crippen LogP contribution >= 0.6 is 0 Å². The van der Waals surface area contributed by atoms with Gasteiger partial charge in [-0.25, -0.2) is 0 Å². The Morgan fingerprint density at radius 1 is 1.07 bits per heavy atom. The van der Waals surface area contributed by atoms with E-state index in [1.54, 1.807) is 11.9 Å². The normalized spacial score (nSPS) is 11.0. The van der Waals surface area contributed by atoms with E-state index in [1.165, 1.54) is 0 Å². The van der Waals surface area contributed by atoms with Gasteiger partial charge in [0.05, 0.1) is 23.6 Å². The second-order valence-electron chi connectivity index (χ2n) is 7.04. The maximum atomic E-state index is 12.7. The number of carbonyl (C=O) groups is 1. The van der Waals surface area contributed by atoms with Gasteiger partial charge in [-0.3, -0.25) is 4.79 Å². The molecule has 0 radical (unpaired) electrons. The number of nitrogens with zero attached hydrogens (tertiary/aromatic N) is 4. The number of rotatable bonds is 5. The van der Waals surface area contributed by atoms with Crippen LogP contribution in [0.1, 0.15) is 52.8 Å². The Kier molecular flexibility index (Phi) is 5.35. The van der Waals surface area contributed by atoms with Gasteiger partial charge in [-0.1, -0.05) is 31.1 Å². The molecule has 6 nitrogen and oxygen atoms in total. The van der Waals surface area contributed by atoms with Crippen LogP contribution in [0.15, 0.2) is 40.9 Å². The number of aromatic nitrogens is 3. The number of hydrogen-bond donors (Lipinski definition) is 0. The van der Waals surface area contributed by atoms with Crippen LogP contribution in [0.4, 0.5) is 0 Å². The number of aryl methyl sites for hydroxylation is 2. The van der Waals surface area contributed by atoms with Crippen LogP contribution in [-0.4, -0.2) is 33.2 Å². The molecule has 0 aliphatic rings. The van der Waals surface area contributed by atoms with E-state index >= 15 is 0 Å². The van der Waals surface area contributed by atoms with E-state index in [2.05, 4.69) is 29.2 Å². The first kappa shape index (κ1) is 18.8. The fourth-order valence-corrected chi connectivity index (χ4v) is 2.85. The zero-order valence-electron chi connectivity index (χ0n) is 16.4. The smallest absolute Gasteiger partial charge is 0.253 e. The molecule has 2 aromatic heterocycles. The topological polar surface area (TPSA) is 72.1 Å². The lowest BCUT2D eigenvalue weighted by Gasteiger charge is -2.17. The molecule has 0 fully saturated rings. The monoisotopic (exact) mass is 364 g/mol. The van der Waals surface area contributed by atoms with Gasteiger partial charge in [0, 0.05) is 23.7 Å². The maximum Gasteiger partial charge on any atom is 0.253 e. The molecule has 0 saturated heterocycles. The third-order valence-electron chi connectivity index (χ3n) is 4.63. The second-order valence-corrected chi connectivity index (χ2v) is 7.04. The fourth-order valence-electron chi connectivity index (χ4n) is 2.85. The lowest BCUT2D eigenvalue weighted by molar-refractivity contribution is 0.0784. The largest absolute Gasteiger partial charge is 0.361 e. The third-order valence-corrected chi connectivity index (χ3v) is 4.63. The lowest BCUT2D eigenvalue weighted by atomic mass is 10.1. The number of amides is 1. The van der Waals surface area contributed by atoms with Gasteiger partial charge in [-0.05, 0) is 44.0 Å². The standard InChI is InChI=1S/C21H24N4O2/c1-13(2)19-10-11-20(23-22-19)16-6-8-17(9-7-16)21(26)25(5)12-18-14(3)24-27-15(18)4/h6-11,13H,12H2,1-5H3. The molecule has 0 aliphatic heterocycles. The van der Waals surface area contributed by atoms with Crippen molar-refractivity contribution in [2.24, 2.45) is 0 Å². The molecule has 0 unspecified atom stereocenters. The van der Waals surface area contributed by atoms with Gasteiger partial charge in [-0.2, -0.15) is 10.2 Å². The van der Waals surface area contributed by atoms with Crippen LogP contribution in [0.5, 0.6) is 0 Å². The van der Waals surface area contributed by atoms with E-state index in [-0.39, 0.29) is 5.91 Å². The Labute approximate surface area is 159 Å². The van der Waals surface area contributed by atoms with Gasteiger partial charge in [0.1, 0.15) is 5.76 Å². The van der Waals surface area contributed by atoms with Crippen molar-refractivity contribution in [2.75, 3.05) is 7.05 Å². The van der Waals surface area contributed by atoms with Gasteiger partial charge < -0.3 is 9.42 Å². The summed E-state index contributed by atoms with van der Waals surface area (Å²) in [6, 6.07) is 11.4. The van der Waals surface area contributed by atoms with Crippen LogP contribution in [-0.2, 0) is 6.54 Å². The maximum absolute atomic E-state index is 12.7. The number of carbonyl (C=O) groups excluding carboxylic acids is 1. The van der Waals surface area contributed by atoms with E-state index < -0.39 is 0 Å². The van der Waals surface area contributed by atoms with Crippen molar-refractivity contribution in [1.29, 1.82) is 0 Å². The van der Waals surface area contributed by atoms with Gasteiger partial charge in [0.15, 0.2) is 0 Å². The predicted octanol–water partition coefficient (Wildman–Crippen LogP) is 4.14. The second kappa shape index (κ2) is 7.70. The zero-order valence-corrected chi connectivity index (χ0v) is 16.4. The quantitative estimate of drug-likeness (QED) is 0.680. The molecule has 0 aliphatic carbocycles. The minimum atomic E-state index is -0.0530. The average Bonchev–Trinajstić information content (AvgIpc) is 2.99. The summed E-state index contributed by atoms with van der Waals surface area (Å²) in [5.74, 6) is 1.04. The lowest BCUT2D eigenvalue weighted by Crippen LogP contribution is -2.26. The molecule has 0 saturated carbocycles. The van der Waals surface area contributed by atoms with Gasteiger partial charge in [-0.15, -0.1) is 0 Å². The van der Waals surface area contributed by atoms with Gasteiger partial charge in [0.25, 0.3) is 5.91 Å². The van der Waals surface area contributed by atoms with Crippen molar-refractivity contribution in [3.05, 3.63) is 64.7 Å². The van der Waals surface area contributed by atoms with Crippen LogP contribution in [0.2, 0.25) is 0 Å². The summed E-state index contributed by atoms with van der Waals surface area (Å²) < 4.78 is 5.17. The minimum absolute atomic E-state index is 0.0530. The Bertz CT molecular complexity index is 908. The summed E-state index contributed by atoms with van der Waals surface area (Å²) in [6.07, 6.45) is 0. The Morgan fingerprint density at radius 3 is 2.30 bits per heavy atom. The molecule has 0 atom stereocenters. The molecular weight excluding hydrogens is 340 g/mol. The molecule has 27 heavy (non-hydrogen) atoms. The van der Waals surface area contributed by atoms with Crippen molar-refractivity contribution in [1.82, 2.24) is 20.3 Å². The van der Waals surface area contributed by atoms with Gasteiger partial charge >= 0.3 is 0 Å². The molecule has 3 rings (SSSR count). The molecule has 3 aromatic rings. The van der Waals surface area contributed by atoms with E-state index in [4.69, 9.17) is 4.52 Å². The molecule has 6 heteroatoms. The first-order chi connectivity index (χ1) is 12.9. The minimum Gasteiger partial charge on any atom is -0.361 e. The van der Waals surface area contributed by atoms with Crippen molar-refractivity contribution >= 4 is 5.91 Å². The van der Waals surface area contributed by atoms with Crippen LogP contribution < -0.4 is 0 Å². The molecular formula is C21H24N4O2. The van der Waals surface area contributed by atoms with Gasteiger partial charge in [0.2, 0.25) is 0 Å². The summed E-state index contributed by atoms with van der Waals surface area (Å²) in [5, 5.41) is 12.5. The zero-order chi connectivity index (χ0) is 19.6. The van der Waals surface area contributed by atoms with E-state index in [0.717, 1.165) is 34.0 Å². The highest BCUT2D eigenvalue weighted by Crippen LogP contribution is 2.20. The van der Waals surface area contributed by atoms with Crippen LogP contribution in [0.25, 0.3) is 11.3 Å². The highest BCUT2D eigenvalue weighted by molar-refractivity contribution is 5.94. The highest BCUT2D eigenvalue weighted by Gasteiger charge is 2.17. The molecule has 2 heterocycles. The molecule has 1 amide bonds. The molecule has 1 aromatic carbocycles. The third kappa shape index (κ3) is 4.05.